The zero-order valence-corrected chi connectivity index (χ0v) is 37.6. The second-order valence-corrected chi connectivity index (χ2v) is 21.6. The van der Waals surface area contributed by atoms with E-state index in [-0.39, 0.29) is 30.9 Å². The maximum atomic E-state index is 14.0. The fraction of sp³-hybridized carbons (Fsp3) is 0.667. The maximum Gasteiger partial charge on any atom is 0.331 e. The van der Waals surface area contributed by atoms with Crippen LogP contribution in [0.25, 0.3) is 0 Å². The Bertz CT molecular complexity index is 1920. The van der Waals surface area contributed by atoms with E-state index in [1.165, 1.54) is 62.7 Å². The highest BCUT2D eigenvalue weighted by molar-refractivity contribution is 5.85. The zero-order valence-electron chi connectivity index (χ0n) is 37.6. The van der Waals surface area contributed by atoms with Gasteiger partial charge in [-0.2, -0.15) is 0 Å². The molecule has 8 rings (SSSR count). The third-order valence-electron chi connectivity index (χ3n) is 18.1. The van der Waals surface area contributed by atoms with Crippen LogP contribution in [0, 0.1) is 45.3 Å². The van der Waals surface area contributed by atoms with Gasteiger partial charge in [0.15, 0.2) is 0 Å². The van der Waals surface area contributed by atoms with E-state index in [4.69, 9.17) is 9.47 Å². The summed E-state index contributed by atoms with van der Waals surface area (Å²) in [6.07, 6.45) is 21.0. The normalized spacial score (nSPS) is 39.7. The molecule has 5 aliphatic carbocycles. The maximum absolute atomic E-state index is 14.0. The Balaban J connectivity index is 1.11. The second kappa shape index (κ2) is 17.4. The van der Waals surface area contributed by atoms with E-state index in [0.29, 0.717) is 37.0 Å². The Morgan fingerprint density at radius 3 is 2.16 bits per heavy atom. The molecule has 0 aromatic heterocycles. The molecule has 4 fully saturated rings. The molecule has 7 nitrogen and oxygen atoms in total. The zero-order chi connectivity index (χ0) is 43.1. The first-order chi connectivity index (χ1) is 29.1. The number of fused-ring (bicyclic) bond motifs is 1. The summed E-state index contributed by atoms with van der Waals surface area (Å²) >= 11 is 0. The highest BCUT2D eigenvalue weighted by Gasteiger charge is 2.81. The number of ether oxygens (including phenoxy) is 2. The molecule has 0 radical (unpaired) electrons. The molecule has 1 unspecified atom stereocenters. The minimum absolute atomic E-state index is 0.190. The summed E-state index contributed by atoms with van der Waals surface area (Å²) in [6.45, 7) is 8.32. The number of benzene rings is 2. The highest BCUT2D eigenvalue weighted by Crippen LogP contribution is 2.76. The molecule has 2 aromatic carbocycles. The van der Waals surface area contributed by atoms with E-state index in [9.17, 15) is 24.9 Å². The number of aryl methyl sites for hydroxylation is 2. The van der Waals surface area contributed by atoms with Crippen molar-refractivity contribution < 1.29 is 34.4 Å². The molecular weight excluding hydrogens is 761 g/mol. The fourth-order valence-corrected chi connectivity index (χ4v) is 14.9. The lowest BCUT2D eigenvalue weighted by atomic mass is 9.31. The number of rotatable bonds is 15. The Morgan fingerprint density at radius 1 is 0.836 bits per heavy atom. The molecule has 4 saturated carbocycles. The molecule has 2 bridgehead atoms. The van der Waals surface area contributed by atoms with Crippen molar-refractivity contribution in [2.45, 2.75) is 173 Å². The van der Waals surface area contributed by atoms with Gasteiger partial charge in [0.2, 0.25) is 0 Å². The third-order valence-corrected chi connectivity index (χ3v) is 18.1. The van der Waals surface area contributed by atoms with Gasteiger partial charge in [-0.05, 0) is 161 Å². The molecule has 3 N–H and O–H groups in total. The van der Waals surface area contributed by atoms with E-state index in [0.717, 1.165) is 62.9 Å². The molecule has 10 atom stereocenters. The fourth-order valence-electron chi connectivity index (χ4n) is 14.9. The van der Waals surface area contributed by atoms with Crippen molar-refractivity contribution in [3.05, 3.63) is 95.6 Å². The highest BCUT2D eigenvalue weighted by atomic mass is 16.5. The number of aliphatic hydroxyl groups is 3. The van der Waals surface area contributed by atoms with Crippen LogP contribution in [-0.2, 0) is 31.9 Å². The molecule has 0 saturated heterocycles. The van der Waals surface area contributed by atoms with Crippen molar-refractivity contribution in [3.63, 3.8) is 0 Å². The van der Waals surface area contributed by atoms with Crippen LogP contribution in [0.15, 0.2) is 84.5 Å². The van der Waals surface area contributed by atoms with Gasteiger partial charge in [-0.25, -0.2) is 4.79 Å². The van der Waals surface area contributed by atoms with E-state index >= 15 is 0 Å². The molecule has 2 aromatic rings. The first-order valence-electron chi connectivity index (χ1n) is 24.1. The minimum Gasteiger partial charge on any atom is -0.462 e. The average molecular weight is 835 g/mol. The van der Waals surface area contributed by atoms with Crippen LogP contribution in [0.4, 0.5) is 0 Å². The van der Waals surface area contributed by atoms with Crippen LogP contribution in [0.5, 0.6) is 0 Å². The summed E-state index contributed by atoms with van der Waals surface area (Å²) in [5.74, 6) is 0.118. The predicted octanol–water partition coefficient (Wildman–Crippen LogP) is 10.4. The van der Waals surface area contributed by atoms with Crippen LogP contribution in [-0.4, -0.2) is 57.3 Å². The minimum atomic E-state index is -1.58. The largest absolute Gasteiger partial charge is 0.462 e. The Labute approximate surface area is 365 Å². The first-order valence-corrected chi connectivity index (χ1v) is 24.1. The monoisotopic (exact) mass is 835 g/mol. The van der Waals surface area contributed by atoms with Gasteiger partial charge in [-0.1, -0.05) is 100 Å². The standard InChI is InChI=1S/C54H74O7/c1-38(12-11-17-40-13-7-5-8-14-40)20-30-52(58)33-32-49(3)36-45(61-39(2)55)48-50(4,26-25-46(56)54(48,52)53(49,59)31-22-43-34-47(57)60-37-43)44-23-28-51(29-24-44)27-21-42(35-51)19-18-41-15-9-6-10-16-41/h5-10,13-16,32-34,38,42,44-46,48,56,58-59H,11-12,17-31,35-37H2,1-4H3/t38-,42+,44?,45-,46+,48?,49-,50+,51?,52+,53-,54+/m1/s1. The average Bonchev–Trinajstić information content (AvgIpc) is 3.86. The van der Waals surface area contributed by atoms with E-state index in [1.54, 1.807) is 0 Å². The predicted molar refractivity (Wildman–Crippen MR) is 239 cm³/mol. The topological polar surface area (TPSA) is 113 Å². The van der Waals surface area contributed by atoms with Crippen LogP contribution in [0.1, 0.15) is 148 Å². The molecule has 1 heterocycles. The van der Waals surface area contributed by atoms with Gasteiger partial charge < -0.3 is 24.8 Å². The van der Waals surface area contributed by atoms with Gasteiger partial charge in [0.25, 0.3) is 0 Å². The number of carbonyl (C=O) groups excluding carboxylic acids is 2. The smallest absolute Gasteiger partial charge is 0.331 e. The van der Waals surface area contributed by atoms with Gasteiger partial charge in [-0.15, -0.1) is 0 Å². The third kappa shape index (κ3) is 8.12. The van der Waals surface area contributed by atoms with Crippen molar-refractivity contribution in [2.24, 2.45) is 45.3 Å². The van der Waals surface area contributed by atoms with Crippen molar-refractivity contribution >= 4 is 11.9 Å². The van der Waals surface area contributed by atoms with Crippen molar-refractivity contribution in [3.8, 4) is 0 Å². The van der Waals surface area contributed by atoms with Crippen LogP contribution >= 0.6 is 0 Å². The van der Waals surface area contributed by atoms with E-state index in [1.807, 2.05) is 25.1 Å². The Hall–Kier alpha value is -3.26. The van der Waals surface area contributed by atoms with E-state index < -0.39 is 45.6 Å². The summed E-state index contributed by atoms with van der Waals surface area (Å²) in [4.78, 5) is 25.4. The summed E-state index contributed by atoms with van der Waals surface area (Å²) in [5.41, 5.74) is -2.01. The SMILES string of the molecule is CC(=O)O[C@@H]1C[C@@]2(C)C=C[C@@](O)(CC[C@H](C)CCCc3ccccc3)[C@]3(C1[C@](C)(C1CCC4(CC1)CC[C@H](CCc1ccccc1)C4)CC[C@@H]3O)[C@@]2(O)CCC1=CC(=O)OC1. The summed E-state index contributed by atoms with van der Waals surface area (Å²) in [7, 11) is 0. The number of carbonyl (C=O) groups is 2. The molecule has 0 amide bonds. The Morgan fingerprint density at radius 2 is 1.51 bits per heavy atom. The lowest BCUT2D eigenvalue weighted by Crippen LogP contribution is -2.83. The van der Waals surface area contributed by atoms with Gasteiger partial charge >= 0.3 is 11.9 Å². The number of cyclic esters (lactones) is 1. The van der Waals surface area contributed by atoms with Crippen LogP contribution in [0.3, 0.4) is 0 Å². The summed E-state index contributed by atoms with van der Waals surface area (Å²) in [5, 5.41) is 40.7. The number of esters is 2. The van der Waals surface area contributed by atoms with Gasteiger partial charge in [0.1, 0.15) is 12.7 Å². The summed E-state index contributed by atoms with van der Waals surface area (Å²) in [6, 6.07) is 21.5. The lowest BCUT2D eigenvalue weighted by Gasteiger charge is -2.76. The lowest BCUT2D eigenvalue weighted by molar-refractivity contribution is -0.362. The molecule has 6 aliphatic rings. The summed E-state index contributed by atoms with van der Waals surface area (Å²) < 4.78 is 11.8. The quantitative estimate of drug-likeness (QED) is 0.121. The Kier molecular flexibility index (Phi) is 12.6. The van der Waals surface area contributed by atoms with Crippen LogP contribution < -0.4 is 0 Å². The molecular formula is C54H74O7. The van der Waals surface area contributed by atoms with Gasteiger partial charge in [0.05, 0.1) is 22.7 Å². The van der Waals surface area contributed by atoms with Gasteiger partial charge in [0, 0.05) is 24.3 Å². The molecule has 1 aliphatic heterocycles. The van der Waals surface area contributed by atoms with Crippen molar-refractivity contribution in [2.75, 3.05) is 6.61 Å². The van der Waals surface area contributed by atoms with Crippen LogP contribution in [0.2, 0.25) is 0 Å². The number of hydrogen-bond donors (Lipinski definition) is 3. The molecule has 7 heteroatoms. The molecule has 332 valence electrons. The number of hydrogen-bond acceptors (Lipinski definition) is 7. The molecule has 61 heavy (non-hydrogen) atoms. The van der Waals surface area contributed by atoms with E-state index in [2.05, 4.69) is 68.4 Å². The number of aliphatic hydroxyl groups excluding tert-OH is 1. The van der Waals surface area contributed by atoms with Gasteiger partial charge in [-0.3, -0.25) is 4.79 Å². The first kappa shape index (κ1) is 44.4. The molecule has 2 spiro atoms. The second-order valence-electron chi connectivity index (χ2n) is 21.6. The van der Waals surface area contributed by atoms with Crippen molar-refractivity contribution in [1.29, 1.82) is 0 Å². The van der Waals surface area contributed by atoms with Crippen molar-refractivity contribution in [1.82, 2.24) is 0 Å².